The first-order valence-corrected chi connectivity index (χ1v) is 8.35. The average molecular weight is 291 g/mol. The number of fused-ring (bicyclic) bond motifs is 1. The number of nitrogens with zero attached hydrogens (tertiary/aromatic N) is 1. The fraction of sp³-hybridized carbons (Fsp3) is 0.529. The van der Waals surface area contributed by atoms with E-state index in [0.29, 0.717) is 0 Å². The summed E-state index contributed by atoms with van der Waals surface area (Å²) in [6.07, 6.45) is 0.465. The van der Waals surface area contributed by atoms with Crippen molar-refractivity contribution in [1.82, 2.24) is 4.90 Å². The highest BCUT2D eigenvalue weighted by Crippen LogP contribution is 2.38. The van der Waals surface area contributed by atoms with E-state index in [0.717, 1.165) is 25.1 Å². The molecule has 2 unspecified atom stereocenters. The van der Waals surface area contributed by atoms with Crippen LogP contribution >= 0.6 is 11.3 Å². The van der Waals surface area contributed by atoms with Gasteiger partial charge < -0.3 is 5.11 Å². The summed E-state index contributed by atoms with van der Waals surface area (Å²) in [5.41, 5.74) is 0.843. The second kappa shape index (κ2) is 6.25. The largest absolute Gasteiger partial charge is 0.386 e. The highest BCUT2D eigenvalue weighted by Gasteiger charge is 2.37. The van der Waals surface area contributed by atoms with Crippen molar-refractivity contribution in [2.75, 3.05) is 13.1 Å². The topological polar surface area (TPSA) is 23.5 Å². The summed E-state index contributed by atoms with van der Waals surface area (Å²) in [5, 5.41) is 14.4. The normalized spacial score (nSPS) is 16.5. The Kier molecular flexibility index (Phi) is 4.84. The number of aliphatic hydroxyl groups is 1. The monoisotopic (exact) mass is 291 g/mol. The lowest BCUT2D eigenvalue weighted by Crippen LogP contribution is -2.50. The molecule has 2 nitrogen and oxygen atoms in total. The minimum atomic E-state index is -0.463. The number of aliphatic hydroxyl groups excluding tert-OH is 1. The maximum Gasteiger partial charge on any atom is 0.0984 e. The molecule has 0 fully saturated rings. The van der Waals surface area contributed by atoms with Gasteiger partial charge in [0.25, 0.3) is 0 Å². The molecule has 1 aromatic heterocycles. The zero-order chi connectivity index (χ0) is 14.8. The summed E-state index contributed by atoms with van der Waals surface area (Å²) in [5.74, 6) is 0. The molecule has 2 atom stereocenters. The standard InChI is InChI=1S/C17H25NOS/c1-5-17(4,18(6-2)7-3)16(19)14-10-8-9-13-11-12-20-15(13)14/h8-12,16,19H,5-7H2,1-4H3. The fourth-order valence-corrected chi connectivity index (χ4v) is 4.04. The highest BCUT2D eigenvalue weighted by molar-refractivity contribution is 7.17. The van der Waals surface area contributed by atoms with Crippen molar-refractivity contribution >= 4 is 21.4 Å². The smallest absolute Gasteiger partial charge is 0.0984 e. The van der Waals surface area contributed by atoms with Crippen LogP contribution in [-0.2, 0) is 0 Å². The molecule has 20 heavy (non-hydrogen) atoms. The molecule has 0 spiro atoms. The van der Waals surface area contributed by atoms with Gasteiger partial charge in [-0.05, 0) is 43.3 Å². The zero-order valence-corrected chi connectivity index (χ0v) is 13.7. The Bertz CT molecular complexity index is 561. The van der Waals surface area contributed by atoms with E-state index in [9.17, 15) is 5.11 Å². The van der Waals surface area contributed by atoms with E-state index < -0.39 is 6.10 Å². The summed E-state index contributed by atoms with van der Waals surface area (Å²) in [4.78, 5) is 2.37. The minimum absolute atomic E-state index is 0.220. The third-order valence-electron chi connectivity index (χ3n) is 4.59. The summed E-state index contributed by atoms with van der Waals surface area (Å²) in [6.45, 7) is 10.6. The van der Waals surface area contributed by atoms with Gasteiger partial charge >= 0.3 is 0 Å². The van der Waals surface area contributed by atoms with Crippen molar-refractivity contribution in [3.63, 3.8) is 0 Å². The number of likely N-dealkylation sites (N-methyl/N-ethyl adjacent to an activating group) is 1. The Morgan fingerprint density at radius 2 is 1.90 bits per heavy atom. The van der Waals surface area contributed by atoms with Crippen LogP contribution in [0.4, 0.5) is 0 Å². The number of rotatable bonds is 6. The van der Waals surface area contributed by atoms with Crippen LogP contribution in [0.25, 0.3) is 10.1 Å². The Labute approximate surface area is 126 Å². The Balaban J connectivity index is 2.47. The molecule has 1 heterocycles. The van der Waals surface area contributed by atoms with Crippen molar-refractivity contribution in [1.29, 1.82) is 0 Å². The molecule has 2 rings (SSSR count). The molecule has 1 aromatic carbocycles. The van der Waals surface area contributed by atoms with E-state index in [1.54, 1.807) is 11.3 Å². The molecule has 0 aliphatic heterocycles. The third kappa shape index (κ3) is 2.50. The van der Waals surface area contributed by atoms with Gasteiger partial charge in [-0.2, -0.15) is 0 Å². The molecule has 0 radical (unpaired) electrons. The highest BCUT2D eigenvalue weighted by atomic mass is 32.1. The van der Waals surface area contributed by atoms with Gasteiger partial charge in [0.1, 0.15) is 0 Å². The van der Waals surface area contributed by atoms with Crippen molar-refractivity contribution in [3.8, 4) is 0 Å². The van der Waals surface area contributed by atoms with Gasteiger partial charge in [0.05, 0.1) is 6.10 Å². The van der Waals surface area contributed by atoms with Crippen LogP contribution in [0, 0.1) is 0 Å². The van der Waals surface area contributed by atoms with Crippen LogP contribution in [0.15, 0.2) is 29.6 Å². The van der Waals surface area contributed by atoms with Crippen molar-refractivity contribution in [2.24, 2.45) is 0 Å². The minimum Gasteiger partial charge on any atom is -0.386 e. The van der Waals surface area contributed by atoms with Crippen LogP contribution in [-0.4, -0.2) is 28.6 Å². The van der Waals surface area contributed by atoms with E-state index in [2.05, 4.69) is 56.2 Å². The van der Waals surface area contributed by atoms with Gasteiger partial charge in [-0.3, -0.25) is 4.90 Å². The Hall–Kier alpha value is -0.900. The van der Waals surface area contributed by atoms with E-state index in [4.69, 9.17) is 0 Å². The second-order valence-electron chi connectivity index (χ2n) is 5.47. The third-order valence-corrected chi connectivity index (χ3v) is 5.57. The van der Waals surface area contributed by atoms with E-state index in [1.807, 2.05) is 6.07 Å². The van der Waals surface area contributed by atoms with Crippen molar-refractivity contribution < 1.29 is 5.11 Å². The molecule has 1 N–H and O–H groups in total. The lowest BCUT2D eigenvalue weighted by molar-refractivity contribution is -0.0205. The van der Waals surface area contributed by atoms with E-state index in [-0.39, 0.29) is 5.54 Å². The SMILES string of the molecule is CCN(CC)C(C)(CC)C(O)c1cccc2ccsc12. The van der Waals surface area contributed by atoms with Gasteiger partial charge in [-0.25, -0.2) is 0 Å². The Morgan fingerprint density at radius 1 is 1.20 bits per heavy atom. The molecule has 0 aliphatic carbocycles. The lowest BCUT2D eigenvalue weighted by Gasteiger charge is -2.43. The van der Waals surface area contributed by atoms with Crippen LogP contribution in [0.2, 0.25) is 0 Å². The number of thiophene rings is 1. The first kappa shape index (κ1) is 15.5. The Morgan fingerprint density at radius 3 is 2.50 bits per heavy atom. The maximum absolute atomic E-state index is 11.1. The second-order valence-corrected chi connectivity index (χ2v) is 6.39. The lowest BCUT2D eigenvalue weighted by atomic mass is 9.84. The fourth-order valence-electron chi connectivity index (χ4n) is 3.10. The van der Waals surface area contributed by atoms with E-state index in [1.165, 1.54) is 10.1 Å². The predicted molar refractivity (Wildman–Crippen MR) is 88.4 cm³/mol. The molecule has 0 aliphatic rings. The maximum atomic E-state index is 11.1. The summed E-state index contributed by atoms with van der Waals surface area (Å²) in [7, 11) is 0. The van der Waals surface area contributed by atoms with Gasteiger partial charge in [-0.1, -0.05) is 39.0 Å². The molecule has 0 saturated heterocycles. The summed E-state index contributed by atoms with van der Waals surface area (Å²) in [6, 6.07) is 8.35. The molecular weight excluding hydrogens is 266 g/mol. The van der Waals surface area contributed by atoms with Crippen LogP contribution in [0.3, 0.4) is 0 Å². The summed E-state index contributed by atoms with van der Waals surface area (Å²) >= 11 is 1.72. The van der Waals surface area contributed by atoms with Gasteiger partial charge in [0.2, 0.25) is 0 Å². The molecule has 0 bridgehead atoms. The average Bonchev–Trinajstić information content (AvgIpc) is 2.95. The predicted octanol–water partition coefficient (Wildman–Crippen LogP) is 4.45. The molecule has 3 heteroatoms. The quantitative estimate of drug-likeness (QED) is 0.850. The van der Waals surface area contributed by atoms with Crippen LogP contribution in [0.1, 0.15) is 45.8 Å². The molecule has 0 saturated carbocycles. The number of hydrogen-bond donors (Lipinski definition) is 1. The van der Waals surface area contributed by atoms with Gasteiger partial charge in [0, 0.05) is 15.8 Å². The van der Waals surface area contributed by atoms with E-state index >= 15 is 0 Å². The molecule has 110 valence electrons. The number of benzene rings is 1. The first-order chi connectivity index (χ1) is 9.58. The first-order valence-electron chi connectivity index (χ1n) is 7.47. The van der Waals surface area contributed by atoms with Crippen molar-refractivity contribution in [2.45, 2.75) is 45.8 Å². The molecule has 0 amide bonds. The van der Waals surface area contributed by atoms with Crippen LogP contribution in [0.5, 0.6) is 0 Å². The molecule has 2 aromatic rings. The van der Waals surface area contributed by atoms with Crippen molar-refractivity contribution in [3.05, 3.63) is 35.2 Å². The zero-order valence-electron chi connectivity index (χ0n) is 12.9. The van der Waals surface area contributed by atoms with Gasteiger partial charge in [0.15, 0.2) is 0 Å². The summed E-state index contributed by atoms with van der Waals surface area (Å²) < 4.78 is 1.21. The van der Waals surface area contributed by atoms with Crippen LogP contribution < -0.4 is 0 Å². The van der Waals surface area contributed by atoms with Gasteiger partial charge in [-0.15, -0.1) is 11.3 Å². The molecular formula is C17H25NOS. The number of hydrogen-bond acceptors (Lipinski definition) is 3.